The number of carbonyl (C=O) groups excluding carboxylic acids is 1. The van der Waals surface area contributed by atoms with Crippen LogP contribution in [0.3, 0.4) is 0 Å². The fourth-order valence-electron chi connectivity index (χ4n) is 1.78. The summed E-state index contributed by atoms with van der Waals surface area (Å²) in [4.78, 5) is 13.8. The molecule has 3 heteroatoms. The van der Waals surface area contributed by atoms with Crippen LogP contribution in [0.5, 0.6) is 0 Å². The van der Waals surface area contributed by atoms with Gasteiger partial charge in [-0.05, 0) is 25.0 Å². The van der Waals surface area contributed by atoms with Crippen LogP contribution in [0.2, 0.25) is 0 Å². The van der Waals surface area contributed by atoms with Gasteiger partial charge in [0.15, 0.2) is 0 Å². The van der Waals surface area contributed by atoms with E-state index in [0.29, 0.717) is 0 Å². The molecule has 18 heavy (non-hydrogen) atoms. The Morgan fingerprint density at radius 2 is 2.11 bits per heavy atom. The molecule has 2 nitrogen and oxygen atoms in total. The summed E-state index contributed by atoms with van der Waals surface area (Å²) in [6, 6.07) is 8.11. The second-order valence-electron chi connectivity index (χ2n) is 4.33. The van der Waals surface area contributed by atoms with Crippen LogP contribution < -0.4 is 0 Å². The molecule has 0 atom stereocenters. The van der Waals surface area contributed by atoms with Gasteiger partial charge in [-0.2, -0.15) is 0 Å². The van der Waals surface area contributed by atoms with Gasteiger partial charge in [0.1, 0.15) is 0 Å². The fourth-order valence-corrected chi connectivity index (χ4v) is 2.63. The van der Waals surface area contributed by atoms with E-state index < -0.39 is 0 Å². The van der Waals surface area contributed by atoms with Gasteiger partial charge in [-0.1, -0.05) is 36.4 Å². The summed E-state index contributed by atoms with van der Waals surface area (Å²) < 4.78 is 0. The Morgan fingerprint density at radius 1 is 1.39 bits per heavy atom. The monoisotopic (exact) mass is 259 g/mol. The number of benzene rings is 1. The van der Waals surface area contributed by atoms with E-state index >= 15 is 0 Å². The number of nitrogens with zero attached hydrogens (tertiary/aromatic N) is 1. The van der Waals surface area contributed by atoms with Gasteiger partial charge in [-0.3, -0.25) is 4.79 Å². The normalized spacial score (nSPS) is 16.3. The van der Waals surface area contributed by atoms with Crippen LogP contribution in [0.15, 0.2) is 41.9 Å². The molecule has 0 saturated carbocycles. The van der Waals surface area contributed by atoms with Crippen LogP contribution in [0.4, 0.5) is 0 Å². The van der Waals surface area contributed by atoms with Crippen molar-refractivity contribution in [3.05, 3.63) is 53.1 Å². The van der Waals surface area contributed by atoms with E-state index in [1.54, 1.807) is 22.7 Å². The highest BCUT2D eigenvalue weighted by Crippen LogP contribution is 2.25. The largest absolute Gasteiger partial charge is 0.304 e. The lowest BCUT2D eigenvalue weighted by molar-refractivity contribution is -0.123. The van der Waals surface area contributed by atoms with Crippen molar-refractivity contribution in [3.63, 3.8) is 0 Å². The van der Waals surface area contributed by atoms with Crippen molar-refractivity contribution in [1.29, 1.82) is 0 Å². The number of amides is 1. The minimum atomic E-state index is 0.0211. The lowest BCUT2D eigenvalue weighted by Gasteiger charge is -2.27. The number of thioether (sulfide) groups is 1. The molecular formula is C15H17NOS. The minimum absolute atomic E-state index is 0.0211. The van der Waals surface area contributed by atoms with Gasteiger partial charge >= 0.3 is 0 Å². The quantitative estimate of drug-likeness (QED) is 0.758. The molecule has 1 aliphatic heterocycles. The predicted molar refractivity (Wildman–Crippen MR) is 78.1 cm³/mol. The van der Waals surface area contributed by atoms with Crippen molar-refractivity contribution in [1.82, 2.24) is 4.90 Å². The SMILES string of the molecule is C=C1SCCCN1C(=O)/C=C/c1ccc(C)cc1. The summed E-state index contributed by atoms with van der Waals surface area (Å²) in [6.07, 6.45) is 4.52. The topological polar surface area (TPSA) is 20.3 Å². The highest BCUT2D eigenvalue weighted by molar-refractivity contribution is 8.03. The van der Waals surface area contributed by atoms with E-state index in [0.717, 1.165) is 29.3 Å². The second kappa shape index (κ2) is 5.91. The van der Waals surface area contributed by atoms with Crippen LogP contribution in [0, 0.1) is 6.92 Å². The van der Waals surface area contributed by atoms with Crippen molar-refractivity contribution in [2.24, 2.45) is 0 Å². The summed E-state index contributed by atoms with van der Waals surface area (Å²) in [5.74, 6) is 1.08. The van der Waals surface area contributed by atoms with Gasteiger partial charge in [0.05, 0.1) is 5.03 Å². The number of carbonyl (C=O) groups is 1. The standard InChI is InChI=1S/C15H17NOS/c1-12-4-6-14(7-5-12)8-9-15(17)16-10-3-11-18-13(16)2/h4-9H,2-3,10-11H2,1H3/b9-8+. The lowest BCUT2D eigenvalue weighted by atomic mass is 10.1. The molecule has 0 N–H and O–H groups in total. The van der Waals surface area contributed by atoms with Crippen LogP contribution >= 0.6 is 11.8 Å². The molecule has 0 radical (unpaired) electrons. The lowest BCUT2D eigenvalue weighted by Crippen LogP contribution is -2.31. The van der Waals surface area contributed by atoms with Gasteiger partial charge in [0, 0.05) is 18.4 Å². The van der Waals surface area contributed by atoms with Gasteiger partial charge < -0.3 is 4.90 Å². The molecule has 0 bridgehead atoms. The maximum absolute atomic E-state index is 12.0. The molecule has 0 aliphatic carbocycles. The minimum Gasteiger partial charge on any atom is -0.304 e. The summed E-state index contributed by atoms with van der Waals surface area (Å²) in [7, 11) is 0. The highest BCUT2D eigenvalue weighted by Gasteiger charge is 2.18. The third-order valence-corrected chi connectivity index (χ3v) is 3.90. The first-order chi connectivity index (χ1) is 8.66. The van der Waals surface area contributed by atoms with Crippen molar-refractivity contribution in [3.8, 4) is 0 Å². The Kier molecular flexibility index (Phi) is 4.26. The molecule has 94 valence electrons. The second-order valence-corrected chi connectivity index (χ2v) is 5.50. The van der Waals surface area contributed by atoms with Crippen LogP contribution in [0.1, 0.15) is 17.5 Å². The maximum atomic E-state index is 12.0. The van der Waals surface area contributed by atoms with E-state index in [1.165, 1.54) is 5.56 Å². The number of hydrogen-bond acceptors (Lipinski definition) is 2. The van der Waals surface area contributed by atoms with Crippen LogP contribution in [-0.4, -0.2) is 23.1 Å². The summed E-state index contributed by atoms with van der Waals surface area (Å²) in [5.41, 5.74) is 2.27. The van der Waals surface area contributed by atoms with Crippen LogP contribution in [-0.2, 0) is 4.79 Å². The van der Waals surface area contributed by atoms with Crippen molar-refractivity contribution >= 4 is 23.7 Å². The Morgan fingerprint density at radius 3 is 2.78 bits per heavy atom. The van der Waals surface area contributed by atoms with E-state index in [9.17, 15) is 4.79 Å². The maximum Gasteiger partial charge on any atom is 0.251 e. The predicted octanol–water partition coefficient (Wildman–Crippen LogP) is 3.44. The fraction of sp³-hybridized carbons (Fsp3) is 0.267. The average Bonchev–Trinajstić information content (AvgIpc) is 2.38. The Labute approximate surface area is 112 Å². The Hall–Kier alpha value is -1.48. The molecule has 1 aromatic carbocycles. The first-order valence-corrected chi connectivity index (χ1v) is 7.03. The molecule has 0 spiro atoms. The molecule has 1 heterocycles. The first-order valence-electron chi connectivity index (χ1n) is 6.05. The highest BCUT2D eigenvalue weighted by atomic mass is 32.2. The molecule has 1 amide bonds. The molecule has 1 aromatic rings. The summed E-state index contributed by atoms with van der Waals surface area (Å²) >= 11 is 1.65. The molecule has 1 saturated heterocycles. The zero-order valence-corrected chi connectivity index (χ0v) is 11.4. The zero-order valence-electron chi connectivity index (χ0n) is 10.6. The molecule has 0 unspecified atom stereocenters. The molecule has 1 fully saturated rings. The van der Waals surface area contributed by atoms with Crippen molar-refractivity contribution < 1.29 is 4.79 Å². The smallest absolute Gasteiger partial charge is 0.251 e. The molecule has 0 aromatic heterocycles. The Balaban J connectivity index is 2.02. The zero-order chi connectivity index (χ0) is 13.0. The first kappa shape index (κ1) is 13.0. The van der Waals surface area contributed by atoms with Crippen molar-refractivity contribution in [2.45, 2.75) is 13.3 Å². The van der Waals surface area contributed by atoms with Gasteiger partial charge in [0.25, 0.3) is 5.91 Å². The molecule has 1 aliphatic rings. The average molecular weight is 259 g/mol. The van der Waals surface area contributed by atoms with E-state index in [1.807, 2.05) is 37.3 Å². The van der Waals surface area contributed by atoms with E-state index in [2.05, 4.69) is 6.58 Å². The van der Waals surface area contributed by atoms with Gasteiger partial charge in [-0.15, -0.1) is 11.8 Å². The van der Waals surface area contributed by atoms with Gasteiger partial charge in [-0.25, -0.2) is 0 Å². The summed E-state index contributed by atoms with van der Waals surface area (Å²) in [5, 5.41) is 0.861. The number of hydrogen-bond donors (Lipinski definition) is 0. The number of aryl methyl sites for hydroxylation is 1. The number of rotatable bonds is 2. The van der Waals surface area contributed by atoms with Crippen LogP contribution in [0.25, 0.3) is 6.08 Å². The Bertz CT molecular complexity index is 476. The van der Waals surface area contributed by atoms with E-state index in [-0.39, 0.29) is 5.91 Å². The van der Waals surface area contributed by atoms with E-state index in [4.69, 9.17) is 0 Å². The van der Waals surface area contributed by atoms with Crippen molar-refractivity contribution in [2.75, 3.05) is 12.3 Å². The summed E-state index contributed by atoms with van der Waals surface area (Å²) in [6.45, 7) is 6.75. The third-order valence-electron chi connectivity index (χ3n) is 2.86. The molecular weight excluding hydrogens is 242 g/mol. The third kappa shape index (κ3) is 3.26. The molecule has 2 rings (SSSR count). The van der Waals surface area contributed by atoms with Gasteiger partial charge in [0.2, 0.25) is 0 Å².